The standard InChI is InChI=1S/C43H72N2O14/c1-25-20-30(18-19-46)34(58-42-40(50)39(45(9)10)41(28(4)55-42)59-38-23-43(6,51)35(48)24-52-38)21-31(56-29(5)47)22-36(49)53-26(2)14-12-11-13-15-33(25)57-37-17-16-32(44(7)8)27(3)54-37/h11-13,15,19,25-28,30-35,37-42,48,50-51H,14,16-18,20-24H2,1-10H3/b12-11+,15-13-/t25-,26-,27-,28-,30?,31?,32+,33?,34-,35-,37+,38-,39-,40-,41-,42+,43+/m1/s1. The minimum atomic E-state index is -1.44. The molecule has 3 unspecified atom stereocenters. The fourth-order valence-electron chi connectivity index (χ4n) is 8.70. The predicted octanol–water partition coefficient (Wildman–Crippen LogP) is 2.88. The van der Waals surface area contributed by atoms with E-state index in [1.54, 1.807) is 32.8 Å². The fraction of sp³-hybridized carbons (Fsp3) is 0.837. The molecule has 0 saturated carbocycles. The number of rotatable bonds is 11. The third-order valence-corrected chi connectivity index (χ3v) is 12.0. The van der Waals surface area contributed by atoms with Gasteiger partial charge in [-0.25, -0.2) is 0 Å². The number of hydrogen-bond donors (Lipinski definition) is 3. The van der Waals surface area contributed by atoms with Crippen molar-refractivity contribution in [3.05, 3.63) is 24.3 Å². The Morgan fingerprint density at radius 2 is 1.69 bits per heavy atom. The van der Waals surface area contributed by atoms with Gasteiger partial charge in [-0.15, -0.1) is 0 Å². The van der Waals surface area contributed by atoms with Crippen LogP contribution in [0, 0.1) is 11.8 Å². The minimum Gasteiger partial charge on any atom is -0.462 e. The Labute approximate surface area is 350 Å². The molecule has 3 fully saturated rings. The third-order valence-electron chi connectivity index (χ3n) is 12.0. The molecule has 16 heteroatoms. The summed E-state index contributed by atoms with van der Waals surface area (Å²) in [7, 11) is 7.66. The maximum Gasteiger partial charge on any atom is 0.309 e. The van der Waals surface area contributed by atoms with Crippen LogP contribution in [0.5, 0.6) is 0 Å². The van der Waals surface area contributed by atoms with E-state index in [1.165, 1.54) is 13.8 Å². The summed E-state index contributed by atoms with van der Waals surface area (Å²) in [6, 6.07) is -0.431. The van der Waals surface area contributed by atoms with E-state index in [0.29, 0.717) is 19.3 Å². The summed E-state index contributed by atoms with van der Waals surface area (Å²) in [4.78, 5) is 42.1. The molecule has 17 atom stereocenters. The lowest BCUT2D eigenvalue weighted by Gasteiger charge is -2.49. The molecule has 16 nitrogen and oxygen atoms in total. The van der Waals surface area contributed by atoms with Crippen molar-refractivity contribution in [2.75, 3.05) is 34.8 Å². The van der Waals surface area contributed by atoms with Crippen molar-refractivity contribution >= 4 is 18.2 Å². The number of ether oxygens (including phenoxy) is 8. The Kier molecular flexibility index (Phi) is 18.9. The van der Waals surface area contributed by atoms with E-state index in [9.17, 15) is 29.7 Å². The number of likely N-dealkylation sites (N-methyl/N-ethyl adjacent to an activating group) is 2. The number of aliphatic hydroxyl groups excluding tert-OH is 2. The molecule has 4 heterocycles. The van der Waals surface area contributed by atoms with Gasteiger partial charge >= 0.3 is 11.9 Å². The summed E-state index contributed by atoms with van der Waals surface area (Å²) in [5.74, 6) is -1.85. The molecule has 338 valence electrons. The maximum absolute atomic E-state index is 13.2. The van der Waals surface area contributed by atoms with E-state index in [0.717, 1.165) is 12.7 Å². The van der Waals surface area contributed by atoms with Crippen LogP contribution in [0.2, 0.25) is 0 Å². The smallest absolute Gasteiger partial charge is 0.309 e. The molecular weight excluding hydrogens is 768 g/mol. The number of hydrogen-bond acceptors (Lipinski definition) is 16. The lowest BCUT2D eigenvalue weighted by molar-refractivity contribution is -0.332. The van der Waals surface area contributed by atoms with Crippen LogP contribution in [-0.2, 0) is 52.3 Å². The number of esters is 2. The van der Waals surface area contributed by atoms with E-state index in [-0.39, 0.29) is 50.4 Å². The first-order valence-corrected chi connectivity index (χ1v) is 21.2. The average Bonchev–Trinajstić information content (AvgIpc) is 3.12. The molecule has 0 aromatic rings. The number of aldehydes is 1. The van der Waals surface area contributed by atoms with Crippen molar-refractivity contribution in [2.24, 2.45) is 11.8 Å². The predicted molar refractivity (Wildman–Crippen MR) is 216 cm³/mol. The first-order chi connectivity index (χ1) is 27.8. The van der Waals surface area contributed by atoms with Gasteiger partial charge < -0.3 is 67.8 Å². The highest BCUT2D eigenvalue weighted by Gasteiger charge is 2.50. The van der Waals surface area contributed by atoms with Gasteiger partial charge in [0.2, 0.25) is 0 Å². The van der Waals surface area contributed by atoms with Crippen molar-refractivity contribution in [2.45, 2.75) is 184 Å². The second-order valence-corrected chi connectivity index (χ2v) is 17.6. The highest BCUT2D eigenvalue weighted by atomic mass is 16.7. The van der Waals surface area contributed by atoms with Crippen molar-refractivity contribution in [3.63, 3.8) is 0 Å². The highest BCUT2D eigenvalue weighted by Crippen LogP contribution is 2.36. The molecule has 4 rings (SSSR count). The van der Waals surface area contributed by atoms with Crippen LogP contribution in [0.3, 0.4) is 0 Å². The molecule has 3 N–H and O–H groups in total. The molecule has 0 aliphatic carbocycles. The fourth-order valence-corrected chi connectivity index (χ4v) is 8.70. The molecule has 4 aliphatic heterocycles. The zero-order valence-corrected chi connectivity index (χ0v) is 36.7. The Hall–Kier alpha value is -2.35. The van der Waals surface area contributed by atoms with Crippen molar-refractivity contribution in [1.29, 1.82) is 0 Å². The highest BCUT2D eigenvalue weighted by molar-refractivity contribution is 5.71. The number of cyclic esters (lactones) is 1. The van der Waals surface area contributed by atoms with E-state index in [4.69, 9.17) is 37.9 Å². The molecule has 3 saturated heterocycles. The van der Waals surface area contributed by atoms with Gasteiger partial charge in [0, 0.05) is 38.6 Å². The zero-order chi connectivity index (χ0) is 43.6. The number of carbonyl (C=O) groups excluding carboxylic acids is 3. The van der Waals surface area contributed by atoms with Gasteiger partial charge in [-0.2, -0.15) is 0 Å². The first-order valence-electron chi connectivity index (χ1n) is 21.2. The summed E-state index contributed by atoms with van der Waals surface area (Å²) in [5.41, 5.74) is -1.44. The van der Waals surface area contributed by atoms with Crippen molar-refractivity contribution in [1.82, 2.24) is 9.80 Å². The summed E-state index contributed by atoms with van der Waals surface area (Å²) >= 11 is 0. The van der Waals surface area contributed by atoms with Crippen molar-refractivity contribution in [3.8, 4) is 0 Å². The lowest BCUT2D eigenvalue weighted by atomic mass is 9.83. The monoisotopic (exact) mass is 840 g/mol. The molecule has 0 spiro atoms. The van der Waals surface area contributed by atoms with E-state index in [1.807, 2.05) is 52.2 Å². The number of aliphatic hydroxyl groups is 3. The number of nitrogens with zero attached hydrogens (tertiary/aromatic N) is 2. The van der Waals surface area contributed by atoms with E-state index >= 15 is 0 Å². The van der Waals surface area contributed by atoms with Crippen LogP contribution in [0.25, 0.3) is 0 Å². The van der Waals surface area contributed by atoms with Gasteiger partial charge in [0.1, 0.15) is 36.8 Å². The van der Waals surface area contributed by atoms with Crippen LogP contribution >= 0.6 is 0 Å². The van der Waals surface area contributed by atoms with Gasteiger partial charge in [0.15, 0.2) is 18.9 Å². The second kappa shape index (κ2) is 22.7. The SMILES string of the molecule is CC(=O)OC1CC(=O)O[C@H](C)C/C=C/C=C\C(O[C@H]2CC[C@H](N(C)C)[C@@H](C)O2)[C@H](C)CC(CC=O)[C@H](O[C@@H]2O[C@H](C)[C@@H](O[C@@H]3C[C@](C)(O)[C@H](O)CO3)[C@H](N(C)C)[C@H]2O)C1. The van der Waals surface area contributed by atoms with Crippen molar-refractivity contribution < 1.29 is 67.6 Å². The minimum absolute atomic E-state index is 0.00136. The molecule has 0 aromatic heterocycles. The summed E-state index contributed by atoms with van der Waals surface area (Å²) in [5, 5.41) is 32.9. The molecule has 4 aliphatic rings. The topological polar surface area (TPSA) is 192 Å². The molecular formula is C43H72N2O14. The Bertz CT molecular complexity index is 1390. The van der Waals surface area contributed by atoms with Crippen LogP contribution in [0.4, 0.5) is 0 Å². The molecule has 0 amide bonds. The maximum atomic E-state index is 13.2. The number of allylic oxidation sites excluding steroid dienone is 2. The lowest BCUT2D eigenvalue weighted by Crippen LogP contribution is -2.65. The Balaban J connectivity index is 1.66. The van der Waals surface area contributed by atoms with Gasteiger partial charge in [0.25, 0.3) is 0 Å². The average molecular weight is 841 g/mol. The number of carbonyl (C=O) groups is 3. The summed E-state index contributed by atoms with van der Waals surface area (Å²) in [6.07, 6.45) is 1.60. The molecule has 0 aromatic carbocycles. The van der Waals surface area contributed by atoms with E-state index < -0.39 is 97.2 Å². The third kappa shape index (κ3) is 14.4. The van der Waals surface area contributed by atoms with Crippen LogP contribution in [0.15, 0.2) is 24.3 Å². The Morgan fingerprint density at radius 3 is 2.32 bits per heavy atom. The first kappa shape index (κ1) is 49.3. The van der Waals surface area contributed by atoms with Crippen LogP contribution in [-0.4, -0.2) is 170 Å². The summed E-state index contributed by atoms with van der Waals surface area (Å²) < 4.78 is 49.6. The normalized spacial score (nSPS) is 43.1. The Morgan fingerprint density at radius 1 is 0.966 bits per heavy atom. The van der Waals surface area contributed by atoms with Gasteiger partial charge in [-0.05, 0) is 87.0 Å². The molecule has 0 radical (unpaired) electrons. The van der Waals surface area contributed by atoms with Gasteiger partial charge in [0.05, 0.1) is 49.1 Å². The molecule has 0 bridgehead atoms. The quantitative estimate of drug-likeness (QED) is 0.203. The van der Waals surface area contributed by atoms with Gasteiger partial charge in [-0.3, -0.25) is 9.59 Å². The van der Waals surface area contributed by atoms with E-state index in [2.05, 4.69) is 4.90 Å². The van der Waals surface area contributed by atoms with Crippen LogP contribution < -0.4 is 0 Å². The largest absolute Gasteiger partial charge is 0.462 e. The second-order valence-electron chi connectivity index (χ2n) is 17.6. The molecule has 59 heavy (non-hydrogen) atoms. The summed E-state index contributed by atoms with van der Waals surface area (Å²) in [6.45, 7) is 10.3. The zero-order valence-electron chi connectivity index (χ0n) is 36.7. The van der Waals surface area contributed by atoms with Gasteiger partial charge in [-0.1, -0.05) is 31.2 Å². The van der Waals surface area contributed by atoms with Crippen LogP contribution in [0.1, 0.15) is 92.9 Å².